The predicted octanol–water partition coefficient (Wildman–Crippen LogP) is 2.90. The Balaban J connectivity index is 1.68. The second-order valence-corrected chi connectivity index (χ2v) is 10.8. The van der Waals surface area contributed by atoms with Crippen LogP contribution in [0.5, 0.6) is 0 Å². The molecule has 6 N–H and O–H groups in total. The summed E-state index contributed by atoms with van der Waals surface area (Å²) in [5.74, 6) is -2.50. The molecule has 0 saturated carbocycles. The molecule has 0 fully saturated rings. The Hall–Kier alpha value is -4.58. The summed E-state index contributed by atoms with van der Waals surface area (Å²) < 4.78 is 16.6. The van der Waals surface area contributed by atoms with E-state index in [1.54, 1.807) is 12.1 Å². The van der Waals surface area contributed by atoms with E-state index in [1.165, 1.54) is 0 Å². The molecule has 11 nitrogen and oxygen atoms in total. The quantitative estimate of drug-likeness (QED) is 0.108. The minimum atomic E-state index is -1.20. The van der Waals surface area contributed by atoms with Gasteiger partial charge in [0.05, 0.1) is 19.3 Å². The Morgan fingerprint density at radius 1 is 0.630 bits per heavy atom. The standard InChI is InChI=1S/C35H44N4O7/c36-21-11-10-18-29(37)33(41)39-31(25-44-22-26-12-4-1-5-13-26)34(42)38-30(35(43)46-24-28-16-8-3-9-17-28)19-20-32(40)45-23-27-14-6-2-7-15-27/h1-9,12-17,29-31H,10-11,18-25,36-37H2,(H,38,42)(H,39,41)/t29-,30-,31-/m0/s1. The van der Waals surface area contributed by atoms with Crippen molar-refractivity contribution < 1.29 is 33.4 Å². The summed E-state index contributed by atoms with van der Waals surface area (Å²) >= 11 is 0. The van der Waals surface area contributed by atoms with Crippen LogP contribution in [0.15, 0.2) is 91.0 Å². The highest BCUT2D eigenvalue weighted by Crippen LogP contribution is 2.09. The lowest BCUT2D eigenvalue weighted by Crippen LogP contribution is -2.56. The van der Waals surface area contributed by atoms with Crippen molar-refractivity contribution in [3.63, 3.8) is 0 Å². The van der Waals surface area contributed by atoms with Gasteiger partial charge in [0.15, 0.2) is 0 Å². The number of benzene rings is 3. The Morgan fingerprint density at radius 2 is 1.15 bits per heavy atom. The summed E-state index contributed by atoms with van der Waals surface area (Å²) in [6.45, 7) is 0.538. The number of ether oxygens (including phenoxy) is 3. The molecule has 0 aliphatic rings. The van der Waals surface area contributed by atoms with E-state index in [0.717, 1.165) is 16.7 Å². The number of hydrogen-bond acceptors (Lipinski definition) is 9. The van der Waals surface area contributed by atoms with E-state index in [-0.39, 0.29) is 39.3 Å². The molecule has 46 heavy (non-hydrogen) atoms. The molecule has 0 heterocycles. The number of esters is 2. The minimum absolute atomic E-state index is 0.0253. The first-order valence-corrected chi connectivity index (χ1v) is 15.4. The number of hydrogen-bond donors (Lipinski definition) is 4. The molecular formula is C35H44N4O7. The van der Waals surface area contributed by atoms with E-state index in [4.69, 9.17) is 25.7 Å². The summed E-state index contributed by atoms with van der Waals surface area (Å²) in [5.41, 5.74) is 14.1. The first kappa shape index (κ1) is 35.9. The van der Waals surface area contributed by atoms with Crippen LogP contribution in [0.4, 0.5) is 0 Å². The van der Waals surface area contributed by atoms with E-state index >= 15 is 0 Å². The van der Waals surface area contributed by atoms with Gasteiger partial charge in [0.2, 0.25) is 11.8 Å². The van der Waals surface area contributed by atoms with Crippen LogP contribution in [0.2, 0.25) is 0 Å². The molecule has 0 aliphatic carbocycles. The number of amides is 2. The van der Waals surface area contributed by atoms with Crippen LogP contribution < -0.4 is 22.1 Å². The van der Waals surface area contributed by atoms with Gasteiger partial charge in [-0.3, -0.25) is 14.4 Å². The first-order chi connectivity index (χ1) is 22.4. The third-order valence-corrected chi connectivity index (χ3v) is 7.04. The molecule has 3 aromatic rings. The van der Waals surface area contributed by atoms with Crippen LogP contribution in [-0.2, 0) is 53.2 Å². The van der Waals surface area contributed by atoms with E-state index in [1.807, 2.05) is 78.9 Å². The number of unbranched alkanes of at least 4 members (excludes halogenated alkanes) is 1. The van der Waals surface area contributed by atoms with Crippen LogP contribution >= 0.6 is 0 Å². The summed E-state index contributed by atoms with van der Waals surface area (Å²) in [7, 11) is 0. The molecule has 0 aromatic heterocycles. The van der Waals surface area contributed by atoms with Gasteiger partial charge in [-0.05, 0) is 42.5 Å². The molecule has 0 radical (unpaired) electrons. The van der Waals surface area contributed by atoms with Crippen molar-refractivity contribution in [1.29, 1.82) is 0 Å². The summed E-state index contributed by atoms with van der Waals surface area (Å²) in [5, 5.41) is 5.31. The average Bonchev–Trinajstić information content (AvgIpc) is 3.08. The van der Waals surface area contributed by atoms with Gasteiger partial charge in [0.1, 0.15) is 25.3 Å². The number of rotatable bonds is 20. The highest BCUT2D eigenvalue weighted by Gasteiger charge is 2.30. The molecule has 0 aliphatic heterocycles. The maximum absolute atomic E-state index is 13.6. The largest absolute Gasteiger partial charge is 0.461 e. The normalized spacial score (nSPS) is 12.7. The van der Waals surface area contributed by atoms with Gasteiger partial charge in [-0.2, -0.15) is 0 Å². The predicted molar refractivity (Wildman–Crippen MR) is 173 cm³/mol. The smallest absolute Gasteiger partial charge is 0.328 e. The van der Waals surface area contributed by atoms with Crippen molar-refractivity contribution in [2.24, 2.45) is 11.5 Å². The molecule has 3 aromatic carbocycles. The molecule has 0 bridgehead atoms. The van der Waals surface area contributed by atoms with Crippen molar-refractivity contribution in [2.75, 3.05) is 13.2 Å². The van der Waals surface area contributed by atoms with Crippen LogP contribution in [0.1, 0.15) is 48.8 Å². The fourth-order valence-electron chi connectivity index (χ4n) is 4.39. The Kier molecular flexibility index (Phi) is 16.0. The van der Waals surface area contributed by atoms with Gasteiger partial charge in [-0.15, -0.1) is 0 Å². The lowest BCUT2D eigenvalue weighted by molar-refractivity contribution is -0.151. The van der Waals surface area contributed by atoms with Gasteiger partial charge < -0.3 is 36.3 Å². The molecule has 0 spiro atoms. The number of carbonyl (C=O) groups is 4. The highest BCUT2D eigenvalue weighted by atomic mass is 16.5. The minimum Gasteiger partial charge on any atom is -0.461 e. The SMILES string of the molecule is NCCCC[C@H](N)C(=O)N[C@@H](COCc1ccccc1)C(=O)N[C@@H](CCC(=O)OCc1ccccc1)C(=O)OCc1ccccc1. The molecule has 3 atom stereocenters. The molecule has 2 amide bonds. The Morgan fingerprint density at radius 3 is 1.72 bits per heavy atom. The third-order valence-electron chi connectivity index (χ3n) is 7.04. The van der Waals surface area contributed by atoms with Crippen LogP contribution in [-0.4, -0.2) is 55.0 Å². The van der Waals surface area contributed by atoms with Gasteiger partial charge >= 0.3 is 11.9 Å². The van der Waals surface area contributed by atoms with Gasteiger partial charge in [0.25, 0.3) is 0 Å². The second kappa shape index (κ2) is 20.5. The van der Waals surface area contributed by atoms with Crippen molar-refractivity contribution >= 4 is 23.8 Å². The molecule has 11 heteroatoms. The number of nitrogens with two attached hydrogens (primary N) is 2. The monoisotopic (exact) mass is 632 g/mol. The van der Waals surface area contributed by atoms with Crippen molar-refractivity contribution in [3.05, 3.63) is 108 Å². The maximum Gasteiger partial charge on any atom is 0.328 e. The summed E-state index contributed by atoms with van der Waals surface area (Å²) in [6.07, 6.45) is 1.51. The fourth-order valence-corrected chi connectivity index (χ4v) is 4.39. The van der Waals surface area contributed by atoms with Crippen LogP contribution in [0, 0.1) is 0 Å². The molecule has 3 rings (SSSR count). The van der Waals surface area contributed by atoms with Crippen LogP contribution in [0.25, 0.3) is 0 Å². The summed E-state index contributed by atoms with van der Waals surface area (Å²) in [4.78, 5) is 52.2. The molecular weight excluding hydrogens is 588 g/mol. The zero-order valence-electron chi connectivity index (χ0n) is 26.0. The third kappa shape index (κ3) is 13.6. The first-order valence-electron chi connectivity index (χ1n) is 15.4. The Labute approximate surface area is 270 Å². The van der Waals surface area contributed by atoms with Gasteiger partial charge in [-0.1, -0.05) is 97.4 Å². The average molecular weight is 633 g/mol. The Bertz CT molecular complexity index is 1340. The van der Waals surface area contributed by atoms with E-state index in [0.29, 0.717) is 25.8 Å². The summed E-state index contributed by atoms with van der Waals surface area (Å²) in [6, 6.07) is 24.4. The van der Waals surface area contributed by atoms with Crippen molar-refractivity contribution in [1.82, 2.24) is 10.6 Å². The maximum atomic E-state index is 13.6. The zero-order valence-corrected chi connectivity index (χ0v) is 26.0. The zero-order chi connectivity index (χ0) is 33.0. The van der Waals surface area contributed by atoms with E-state index in [2.05, 4.69) is 10.6 Å². The van der Waals surface area contributed by atoms with Gasteiger partial charge in [-0.25, -0.2) is 4.79 Å². The molecule has 246 valence electrons. The lowest BCUT2D eigenvalue weighted by Gasteiger charge is -2.24. The highest BCUT2D eigenvalue weighted by molar-refractivity contribution is 5.92. The topological polar surface area (TPSA) is 172 Å². The van der Waals surface area contributed by atoms with Crippen LogP contribution in [0.3, 0.4) is 0 Å². The number of carbonyl (C=O) groups excluding carboxylic acids is 4. The van der Waals surface area contributed by atoms with E-state index in [9.17, 15) is 19.2 Å². The second-order valence-electron chi connectivity index (χ2n) is 10.8. The number of nitrogens with one attached hydrogen (secondary N) is 2. The van der Waals surface area contributed by atoms with Crippen molar-refractivity contribution in [3.8, 4) is 0 Å². The van der Waals surface area contributed by atoms with Gasteiger partial charge in [0, 0.05) is 6.42 Å². The lowest BCUT2D eigenvalue weighted by atomic mass is 10.1. The van der Waals surface area contributed by atoms with Crippen molar-refractivity contribution in [2.45, 2.75) is 70.1 Å². The van der Waals surface area contributed by atoms with E-state index < -0.39 is 41.9 Å². The molecule has 0 unspecified atom stereocenters. The fraction of sp³-hybridized carbons (Fsp3) is 0.371. The molecule has 0 saturated heterocycles.